The molecule has 0 aromatic carbocycles. The fraction of sp³-hybridized carbons (Fsp3) is 0.500. The summed E-state index contributed by atoms with van der Waals surface area (Å²) in [5.74, 6) is 2.45. The van der Waals surface area contributed by atoms with Gasteiger partial charge in [0, 0.05) is 0 Å². The van der Waals surface area contributed by atoms with E-state index in [1.165, 1.54) is 12.8 Å². The molecule has 0 aliphatic carbocycles. The summed E-state index contributed by atoms with van der Waals surface area (Å²) in [5.41, 5.74) is 0. The second-order valence-corrected chi connectivity index (χ2v) is 1.71. The maximum absolute atomic E-state index is 4.97. The van der Waals surface area contributed by atoms with Gasteiger partial charge in [-0.05, 0) is 12.5 Å². The van der Waals surface area contributed by atoms with Crippen LogP contribution in [-0.4, -0.2) is 0 Å². The zero-order valence-corrected chi connectivity index (χ0v) is 5.35. The fourth-order valence-electron chi connectivity index (χ4n) is 0.473. The lowest BCUT2D eigenvalue weighted by atomic mass is 10.2. The van der Waals surface area contributed by atoms with Crippen LogP contribution in [0.25, 0.3) is 0 Å². The second kappa shape index (κ2) is 6.30. The standard InChI is InChI=1S/C8H12/c1-3-5-7-8-6-4-2/h1,5,7H,4,6,8H2,2H3/b7-5+. The molecule has 0 saturated carbocycles. The van der Waals surface area contributed by atoms with Gasteiger partial charge in [-0.2, -0.15) is 0 Å². The average molecular weight is 108 g/mol. The van der Waals surface area contributed by atoms with Crippen molar-refractivity contribution in [1.29, 1.82) is 0 Å². The Morgan fingerprint density at radius 1 is 1.62 bits per heavy atom. The average Bonchev–Trinajstić information content (AvgIpc) is 1.81. The number of hydrogen-bond donors (Lipinski definition) is 0. The minimum Gasteiger partial charge on any atom is -0.115 e. The van der Waals surface area contributed by atoms with Gasteiger partial charge in [-0.15, -0.1) is 6.42 Å². The van der Waals surface area contributed by atoms with E-state index in [9.17, 15) is 0 Å². The zero-order chi connectivity index (χ0) is 6.24. The summed E-state index contributed by atoms with van der Waals surface area (Å²) < 4.78 is 0. The van der Waals surface area contributed by atoms with Gasteiger partial charge in [0.1, 0.15) is 0 Å². The summed E-state index contributed by atoms with van der Waals surface area (Å²) in [6.07, 6.45) is 12.4. The molecule has 8 heavy (non-hydrogen) atoms. The maximum atomic E-state index is 4.97. The predicted octanol–water partition coefficient (Wildman–Crippen LogP) is 2.37. The first kappa shape index (κ1) is 7.30. The third kappa shape index (κ3) is 5.30. The van der Waals surface area contributed by atoms with Gasteiger partial charge in [0.15, 0.2) is 0 Å². The lowest BCUT2D eigenvalue weighted by molar-refractivity contribution is 0.815. The van der Waals surface area contributed by atoms with Crippen LogP contribution in [-0.2, 0) is 0 Å². The van der Waals surface area contributed by atoms with Gasteiger partial charge in [0.25, 0.3) is 0 Å². The van der Waals surface area contributed by atoms with Gasteiger partial charge in [0.05, 0.1) is 0 Å². The van der Waals surface area contributed by atoms with Crippen LogP contribution in [0.5, 0.6) is 0 Å². The molecule has 0 atom stereocenters. The van der Waals surface area contributed by atoms with Crippen LogP contribution in [0.3, 0.4) is 0 Å². The number of rotatable bonds is 3. The molecule has 0 aromatic rings. The Balaban J connectivity index is 2.94. The molecule has 0 aromatic heterocycles. The van der Waals surface area contributed by atoms with Gasteiger partial charge < -0.3 is 0 Å². The normalized spacial score (nSPS) is 9.50. The quantitative estimate of drug-likeness (QED) is 0.384. The third-order valence-corrected chi connectivity index (χ3v) is 0.938. The van der Waals surface area contributed by atoms with Crippen LogP contribution in [0.1, 0.15) is 26.2 Å². The van der Waals surface area contributed by atoms with Crippen LogP contribution in [0.15, 0.2) is 12.2 Å². The second-order valence-electron chi connectivity index (χ2n) is 1.71. The number of allylic oxidation sites excluding steroid dienone is 2. The number of hydrogen-bond acceptors (Lipinski definition) is 0. The Hall–Kier alpha value is -0.700. The van der Waals surface area contributed by atoms with Gasteiger partial charge in [0.2, 0.25) is 0 Å². The van der Waals surface area contributed by atoms with Crippen molar-refractivity contribution < 1.29 is 0 Å². The van der Waals surface area contributed by atoms with E-state index in [1.54, 1.807) is 6.08 Å². The first-order valence-corrected chi connectivity index (χ1v) is 3.03. The molecule has 0 unspecified atom stereocenters. The Morgan fingerprint density at radius 2 is 2.38 bits per heavy atom. The molecule has 0 amide bonds. The first-order chi connectivity index (χ1) is 3.91. The van der Waals surface area contributed by atoms with Crippen LogP contribution in [0.4, 0.5) is 0 Å². The van der Waals surface area contributed by atoms with Crippen molar-refractivity contribution in [3.05, 3.63) is 12.2 Å². The van der Waals surface area contributed by atoms with E-state index in [2.05, 4.69) is 12.8 Å². The number of terminal acetylenes is 1. The fourth-order valence-corrected chi connectivity index (χ4v) is 0.473. The Morgan fingerprint density at radius 3 is 2.88 bits per heavy atom. The largest absolute Gasteiger partial charge is 0.115 e. The Bertz CT molecular complexity index is 93.1. The van der Waals surface area contributed by atoms with Crippen molar-refractivity contribution in [2.24, 2.45) is 0 Å². The van der Waals surface area contributed by atoms with Gasteiger partial charge in [-0.25, -0.2) is 0 Å². The monoisotopic (exact) mass is 108 g/mol. The molecular formula is C8H12. The molecule has 0 heterocycles. The molecule has 0 heteroatoms. The molecule has 0 aliphatic rings. The van der Waals surface area contributed by atoms with E-state index in [1.807, 2.05) is 6.08 Å². The van der Waals surface area contributed by atoms with Crippen molar-refractivity contribution in [3.8, 4) is 12.3 Å². The van der Waals surface area contributed by atoms with E-state index in [4.69, 9.17) is 6.42 Å². The lowest BCUT2D eigenvalue weighted by Crippen LogP contribution is -1.64. The summed E-state index contributed by atoms with van der Waals surface area (Å²) in [4.78, 5) is 0. The molecule has 0 saturated heterocycles. The van der Waals surface area contributed by atoms with Crippen molar-refractivity contribution in [3.63, 3.8) is 0 Å². The predicted molar refractivity (Wildman–Crippen MR) is 37.5 cm³/mol. The Kier molecular flexibility index (Phi) is 5.75. The molecule has 0 spiro atoms. The van der Waals surface area contributed by atoms with Gasteiger partial charge >= 0.3 is 0 Å². The topological polar surface area (TPSA) is 0 Å². The van der Waals surface area contributed by atoms with Crippen molar-refractivity contribution >= 4 is 0 Å². The molecule has 0 aliphatic heterocycles. The highest BCUT2D eigenvalue weighted by Crippen LogP contribution is 1.93. The minimum absolute atomic E-state index is 1.13. The Labute approximate surface area is 51.6 Å². The molecule has 44 valence electrons. The summed E-state index contributed by atoms with van der Waals surface area (Å²) in [6, 6.07) is 0. The third-order valence-electron chi connectivity index (χ3n) is 0.938. The van der Waals surface area contributed by atoms with Crippen LogP contribution >= 0.6 is 0 Å². The lowest BCUT2D eigenvalue weighted by Gasteiger charge is -1.83. The van der Waals surface area contributed by atoms with E-state index >= 15 is 0 Å². The summed E-state index contributed by atoms with van der Waals surface area (Å²) in [6.45, 7) is 2.17. The zero-order valence-electron chi connectivity index (χ0n) is 5.35. The minimum atomic E-state index is 1.13. The SMILES string of the molecule is C#C/C=C/CCCC. The van der Waals surface area contributed by atoms with E-state index in [0.717, 1.165) is 6.42 Å². The first-order valence-electron chi connectivity index (χ1n) is 3.03. The highest BCUT2D eigenvalue weighted by atomic mass is 13.8. The highest BCUT2D eigenvalue weighted by molar-refractivity contribution is 5.08. The molecule has 0 rings (SSSR count). The molecule has 0 fully saturated rings. The molecule has 0 radical (unpaired) electrons. The van der Waals surface area contributed by atoms with Crippen LogP contribution < -0.4 is 0 Å². The summed E-state index contributed by atoms with van der Waals surface area (Å²) >= 11 is 0. The van der Waals surface area contributed by atoms with Crippen LogP contribution in [0, 0.1) is 12.3 Å². The van der Waals surface area contributed by atoms with Gasteiger partial charge in [-0.3, -0.25) is 0 Å². The van der Waals surface area contributed by atoms with Crippen molar-refractivity contribution in [2.45, 2.75) is 26.2 Å². The summed E-state index contributed by atoms with van der Waals surface area (Å²) in [5, 5.41) is 0. The van der Waals surface area contributed by atoms with Gasteiger partial charge in [-0.1, -0.05) is 31.8 Å². The highest BCUT2D eigenvalue weighted by Gasteiger charge is 1.73. The maximum Gasteiger partial charge on any atom is -0.0162 e. The van der Waals surface area contributed by atoms with E-state index in [-0.39, 0.29) is 0 Å². The van der Waals surface area contributed by atoms with Crippen LogP contribution in [0.2, 0.25) is 0 Å². The van der Waals surface area contributed by atoms with E-state index < -0.39 is 0 Å². The molecule has 0 bridgehead atoms. The summed E-state index contributed by atoms with van der Waals surface area (Å²) in [7, 11) is 0. The molecule has 0 nitrogen and oxygen atoms in total. The smallest absolute Gasteiger partial charge is 0.0162 e. The van der Waals surface area contributed by atoms with E-state index in [0.29, 0.717) is 0 Å². The number of unbranched alkanes of at least 4 members (excludes halogenated alkanes) is 2. The molecular weight excluding hydrogens is 96.1 g/mol. The van der Waals surface area contributed by atoms with Crippen molar-refractivity contribution in [2.75, 3.05) is 0 Å². The van der Waals surface area contributed by atoms with Crippen molar-refractivity contribution in [1.82, 2.24) is 0 Å². The molecule has 0 N–H and O–H groups in total.